The summed E-state index contributed by atoms with van der Waals surface area (Å²) in [6, 6.07) is 9.54. The van der Waals surface area contributed by atoms with Crippen molar-refractivity contribution in [2.24, 2.45) is 0 Å². The van der Waals surface area contributed by atoms with Crippen molar-refractivity contribution >= 4 is 33.4 Å². The van der Waals surface area contributed by atoms with Crippen LogP contribution in [0, 0.1) is 6.92 Å². The van der Waals surface area contributed by atoms with Crippen molar-refractivity contribution in [2.45, 2.75) is 11.8 Å². The van der Waals surface area contributed by atoms with E-state index < -0.39 is 22.0 Å². The molecule has 132 valence electrons. The molecule has 0 heterocycles. The molecule has 0 fully saturated rings. The number of carbonyl (C=O) groups is 2. The zero-order valence-electron chi connectivity index (χ0n) is 13.5. The van der Waals surface area contributed by atoms with Crippen LogP contribution in [0.2, 0.25) is 0 Å². The second-order valence-electron chi connectivity index (χ2n) is 5.17. The zero-order chi connectivity index (χ0) is 18.6. The first-order valence-corrected chi connectivity index (χ1v) is 8.67. The topological polar surface area (TPSA) is 125 Å². The fourth-order valence-corrected chi connectivity index (χ4v) is 3.38. The number of carboxylic acids is 1. The zero-order valence-corrected chi connectivity index (χ0v) is 14.3. The molecule has 0 unspecified atom stereocenters. The summed E-state index contributed by atoms with van der Waals surface area (Å²) >= 11 is 0. The average molecular weight is 363 g/mol. The van der Waals surface area contributed by atoms with Crippen LogP contribution in [0.1, 0.15) is 15.9 Å². The third-order valence-corrected chi connectivity index (χ3v) is 4.87. The summed E-state index contributed by atoms with van der Waals surface area (Å²) in [7, 11) is -2.48. The van der Waals surface area contributed by atoms with Gasteiger partial charge in [0.05, 0.1) is 10.5 Å². The number of hydrogen-bond donors (Lipinski definition) is 4. The smallest absolute Gasteiger partial charge is 0.335 e. The van der Waals surface area contributed by atoms with E-state index in [1.54, 1.807) is 6.92 Å². The van der Waals surface area contributed by atoms with E-state index in [0.29, 0.717) is 11.3 Å². The highest BCUT2D eigenvalue weighted by Crippen LogP contribution is 2.22. The Hall–Kier alpha value is -3.07. The van der Waals surface area contributed by atoms with Gasteiger partial charge in [0.1, 0.15) is 0 Å². The van der Waals surface area contributed by atoms with E-state index in [9.17, 15) is 18.0 Å². The van der Waals surface area contributed by atoms with E-state index in [0.717, 1.165) is 6.07 Å². The summed E-state index contributed by atoms with van der Waals surface area (Å²) in [5.74, 6) is -1.21. The molecule has 8 nitrogen and oxygen atoms in total. The van der Waals surface area contributed by atoms with Gasteiger partial charge in [-0.15, -0.1) is 0 Å². The second-order valence-corrected chi connectivity index (χ2v) is 6.82. The van der Waals surface area contributed by atoms with E-state index >= 15 is 0 Å². The molecule has 0 aliphatic rings. The maximum absolute atomic E-state index is 12.5. The van der Waals surface area contributed by atoms with Crippen LogP contribution in [-0.2, 0) is 10.0 Å². The summed E-state index contributed by atoms with van der Waals surface area (Å²) < 4.78 is 27.4. The molecule has 0 bridgehead atoms. The lowest BCUT2D eigenvalue weighted by Crippen LogP contribution is -2.24. The molecule has 0 atom stereocenters. The number of amides is 2. The van der Waals surface area contributed by atoms with Crippen molar-refractivity contribution < 1.29 is 23.1 Å². The molecule has 0 saturated heterocycles. The monoisotopic (exact) mass is 363 g/mol. The van der Waals surface area contributed by atoms with Gasteiger partial charge < -0.3 is 15.7 Å². The summed E-state index contributed by atoms with van der Waals surface area (Å²) in [6.07, 6.45) is 0. The van der Waals surface area contributed by atoms with Crippen molar-refractivity contribution in [3.8, 4) is 0 Å². The SMILES string of the molecule is CNC(=O)Nc1ccc(NS(=O)(=O)c2cc(C(=O)O)ccc2C)cc1. The van der Waals surface area contributed by atoms with E-state index in [4.69, 9.17) is 5.11 Å². The third kappa shape index (κ3) is 4.48. The average Bonchev–Trinajstić information content (AvgIpc) is 2.56. The Morgan fingerprint density at radius 2 is 1.60 bits per heavy atom. The minimum Gasteiger partial charge on any atom is -0.478 e. The number of anilines is 2. The summed E-state index contributed by atoms with van der Waals surface area (Å²) in [4.78, 5) is 22.2. The van der Waals surface area contributed by atoms with Crippen LogP contribution >= 0.6 is 0 Å². The van der Waals surface area contributed by atoms with Crippen molar-refractivity contribution in [3.63, 3.8) is 0 Å². The molecule has 0 aromatic heterocycles. The fourth-order valence-electron chi connectivity index (χ4n) is 2.05. The fraction of sp³-hybridized carbons (Fsp3) is 0.125. The van der Waals surface area contributed by atoms with Gasteiger partial charge in [-0.25, -0.2) is 18.0 Å². The number of carboxylic acid groups (broad SMARTS) is 1. The van der Waals surface area contributed by atoms with Crippen molar-refractivity contribution in [1.82, 2.24) is 5.32 Å². The van der Waals surface area contributed by atoms with Gasteiger partial charge in [0.15, 0.2) is 0 Å². The van der Waals surface area contributed by atoms with E-state index in [1.165, 1.54) is 43.4 Å². The molecule has 2 aromatic carbocycles. The summed E-state index contributed by atoms with van der Waals surface area (Å²) in [5.41, 5.74) is 1.08. The van der Waals surface area contributed by atoms with Crippen molar-refractivity contribution in [3.05, 3.63) is 53.6 Å². The van der Waals surface area contributed by atoms with E-state index in [-0.39, 0.29) is 16.1 Å². The van der Waals surface area contributed by atoms with Gasteiger partial charge in [0.25, 0.3) is 10.0 Å². The molecule has 25 heavy (non-hydrogen) atoms. The minimum absolute atomic E-state index is 0.111. The van der Waals surface area contributed by atoms with Gasteiger partial charge in [0.2, 0.25) is 0 Å². The highest BCUT2D eigenvalue weighted by Gasteiger charge is 2.19. The number of nitrogens with one attached hydrogen (secondary N) is 3. The molecule has 2 aromatic rings. The van der Waals surface area contributed by atoms with E-state index in [2.05, 4.69) is 15.4 Å². The Morgan fingerprint density at radius 3 is 2.16 bits per heavy atom. The predicted octanol–water partition coefficient (Wildman–Crippen LogP) is 2.25. The van der Waals surface area contributed by atoms with Gasteiger partial charge in [-0.1, -0.05) is 6.07 Å². The molecule has 0 aliphatic heterocycles. The van der Waals surface area contributed by atoms with Crippen molar-refractivity contribution in [2.75, 3.05) is 17.1 Å². The second kappa shape index (κ2) is 7.22. The Morgan fingerprint density at radius 1 is 1.00 bits per heavy atom. The van der Waals surface area contributed by atoms with Crippen LogP contribution in [0.25, 0.3) is 0 Å². The van der Waals surface area contributed by atoms with Crippen molar-refractivity contribution in [1.29, 1.82) is 0 Å². The number of sulfonamides is 1. The Bertz CT molecular complexity index is 908. The number of rotatable bonds is 5. The number of urea groups is 1. The number of hydrogen-bond acceptors (Lipinski definition) is 4. The molecule has 2 rings (SSSR count). The lowest BCUT2D eigenvalue weighted by atomic mass is 10.1. The third-order valence-electron chi connectivity index (χ3n) is 3.35. The molecule has 9 heteroatoms. The number of aromatic carboxylic acids is 1. The predicted molar refractivity (Wildman–Crippen MR) is 93.5 cm³/mol. The minimum atomic E-state index is -3.95. The van der Waals surface area contributed by atoms with Gasteiger partial charge in [-0.3, -0.25) is 4.72 Å². The first-order valence-electron chi connectivity index (χ1n) is 7.18. The van der Waals surface area contributed by atoms with Crippen LogP contribution in [0.4, 0.5) is 16.2 Å². The lowest BCUT2D eigenvalue weighted by molar-refractivity contribution is 0.0696. The molecule has 0 saturated carbocycles. The van der Waals surface area contributed by atoms with Gasteiger partial charge in [-0.05, 0) is 48.9 Å². The standard InChI is InChI=1S/C16H17N3O5S/c1-10-3-4-11(15(20)21)9-14(10)25(23,24)19-13-7-5-12(6-8-13)18-16(22)17-2/h3-9,19H,1-2H3,(H,20,21)(H2,17,18,22). The summed E-state index contributed by atoms with van der Waals surface area (Å²) in [5, 5.41) is 14.0. The van der Waals surface area contributed by atoms with Gasteiger partial charge >= 0.3 is 12.0 Å². The lowest BCUT2D eigenvalue weighted by Gasteiger charge is -2.12. The molecule has 4 N–H and O–H groups in total. The Kier molecular flexibility index (Phi) is 5.28. The van der Waals surface area contributed by atoms with Gasteiger partial charge in [-0.2, -0.15) is 0 Å². The van der Waals surface area contributed by atoms with Crippen LogP contribution in [0.5, 0.6) is 0 Å². The Labute approximate surface area is 144 Å². The highest BCUT2D eigenvalue weighted by molar-refractivity contribution is 7.92. The molecule has 2 amide bonds. The van der Waals surface area contributed by atoms with Gasteiger partial charge in [0, 0.05) is 18.4 Å². The maximum atomic E-state index is 12.5. The first kappa shape index (κ1) is 18.3. The van der Waals surface area contributed by atoms with Crippen LogP contribution in [0.3, 0.4) is 0 Å². The molecular formula is C16H17N3O5S. The number of carbonyl (C=O) groups excluding carboxylic acids is 1. The molecule has 0 aliphatic carbocycles. The van der Waals surface area contributed by atoms with Crippen LogP contribution < -0.4 is 15.4 Å². The highest BCUT2D eigenvalue weighted by atomic mass is 32.2. The molecular weight excluding hydrogens is 346 g/mol. The van der Waals surface area contributed by atoms with Crippen LogP contribution in [-0.4, -0.2) is 32.6 Å². The quantitative estimate of drug-likeness (QED) is 0.648. The van der Waals surface area contributed by atoms with Crippen LogP contribution in [0.15, 0.2) is 47.4 Å². The normalized spacial score (nSPS) is 10.8. The van der Waals surface area contributed by atoms with E-state index in [1.807, 2.05) is 0 Å². The maximum Gasteiger partial charge on any atom is 0.335 e. The summed E-state index contributed by atoms with van der Waals surface area (Å²) in [6.45, 7) is 1.58. The Balaban J connectivity index is 2.25. The molecule has 0 spiro atoms. The number of aryl methyl sites for hydroxylation is 1. The largest absolute Gasteiger partial charge is 0.478 e. The first-order chi connectivity index (χ1) is 11.7. The molecule has 0 radical (unpaired) electrons. The number of benzene rings is 2.